The minimum Gasteiger partial charge on any atom is -0.492 e. The van der Waals surface area contributed by atoms with E-state index in [2.05, 4.69) is 10.4 Å². The van der Waals surface area contributed by atoms with E-state index in [1.165, 1.54) is 0 Å². The summed E-state index contributed by atoms with van der Waals surface area (Å²) in [5.41, 5.74) is 2.12. The van der Waals surface area contributed by atoms with Crippen LogP contribution in [0, 0.1) is 5.92 Å². The Labute approximate surface area is 123 Å². The number of aryl methyl sites for hydroxylation is 1. The molecule has 3 rings (SSSR count). The Balaban J connectivity index is 1.57. The molecular weight excluding hydrogens is 266 g/mol. The van der Waals surface area contributed by atoms with Gasteiger partial charge in [-0.25, -0.2) is 0 Å². The Bertz CT molecular complexity index is 636. The third-order valence-electron chi connectivity index (χ3n) is 3.73. The Morgan fingerprint density at radius 3 is 3.14 bits per heavy atom. The van der Waals surface area contributed by atoms with Crippen molar-refractivity contribution in [2.24, 2.45) is 5.92 Å². The molecule has 5 nitrogen and oxygen atoms in total. The predicted molar refractivity (Wildman–Crippen MR) is 78.9 cm³/mol. The smallest absolute Gasteiger partial charge is 0.227 e. The van der Waals surface area contributed by atoms with E-state index in [9.17, 15) is 4.79 Å². The minimum atomic E-state index is -0.124. The number of para-hydroxylation sites is 1. The molecule has 0 saturated heterocycles. The van der Waals surface area contributed by atoms with Gasteiger partial charge < -0.3 is 10.1 Å². The van der Waals surface area contributed by atoms with Crippen molar-refractivity contribution in [2.75, 3.05) is 6.61 Å². The molecule has 1 aromatic carbocycles. The zero-order valence-corrected chi connectivity index (χ0v) is 12.1. The maximum absolute atomic E-state index is 12.2. The summed E-state index contributed by atoms with van der Waals surface area (Å²) in [5.74, 6) is 0.806. The van der Waals surface area contributed by atoms with Crippen LogP contribution in [0.2, 0.25) is 0 Å². The van der Waals surface area contributed by atoms with Gasteiger partial charge >= 0.3 is 0 Å². The number of nitrogens with zero attached hydrogens (tertiary/aromatic N) is 2. The molecule has 1 aliphatic heterocycles. The Kier molecular flexibility index (Phi) is 3.90. The summed E-state index contributed by atoms with van der Waals surface area (Å²) < 4.78 is 7.50. The van der Waals surface area contributed by atoms with Crippen molar-refractivity contribution in [1.82, 2.24) is 15.1 Å². The number of fused-ring (bicyclic) bond motifs is 1. The van der Waals surface area contributed by atoms with Crippen molar-refractivity contribution in [3.63, 3.8) is 0 Å². The molecule has 1 atom stereocenters. The highest BCUT2D eigenvalue weighted by molar-refractivity contribution is 5.79. The van der Waals surface area contributed by atoms with Crippen LogP contribution in [0.5, 0.6) is 5.75 Å². The van der Waals surface area contributed by atoms with Gasteiger partial charge in [-0.3, -0.25) is 9.48 Å². The summed E-state index contributed by atoms with van der Waals surface area (Å²) in [7, 11) is 0. The van der Waals surface area contributed by atoms with E-state index >= 15 is 0 Å². The highest BCUT2D eigenvalue weighted by Crippen LogP contribution is 2.26. The van der Waals surface area contributed by atoms with Crippen molar-refractivity contribution in [3.05, 3.63) is 47.8 Å². The second-order valence-electron chi connectivity index (χ2n) is 5.24. The maximum atomic E-state index is 12.2. The van der Waals surface area contributed by atoms with Crippen LogP contribution in [0.4, 0.5) is 0 Å². The molecule has 0 radical (unpaired) electrons. The molecule has 1 N–H and O–H groups in total. The maximum Gasteiger partial charge on any atom is 0.227 e. The number of carbonyl (C=O) groups is 1. The number of ether oxygens (including phenoxy) is 1. The number of rotatable bonds is 4. The van der Waals surface area contributed by atoms with Crippen molar-refractivity contribution < 1.29 is 9.53 Å². The number of aromatic nitrogens is 2. The van der Waals surface area contributed by atoms with Gasteiger partial charge in [-0.2, -0.15) is 5.10 Å². The van der Waals surface area contributed by atoms with Crippen LogP contribution >= 0.6 is 0 Å². The van der Waals surface area contributed by atoms with Gasteiger partial charge in [0, 0.05) is 24.8 Å². The highest BCUT2D eigenvalue weighted by Gasteiger charge is 2.25. The number of hydrogen-bond acceptors (Lipinski definition) is 3. The summed E-state index contributed by atoms with van der Waals surface area (Å²) >= 11 is 0. The molecule has 1 aromatic heterocycles. The van der Waals surface area contributed by atoms with Gasteiger partial charge in [0.1, 0.15) is 12.4 Å². The van der Waals surface area contributed by atoms with Crippen LogP contribution < -0.4 is 10.1 Å². The molecule has 5 heteroatoms. The monoisotopic (exact) mass is 285 g/mol. The van der Waals surface area contributed by atoms with Crippen molar-refractivity contribution in [2.45, 2.75) is 26.4 Å². The molecule has 0 saturated carbocycles. The molecule has 21 heavy (non-hydrogen) atoms. The SMILES string of the molecule is CCn1cc(CNC(=O)[C@H]2COc3ccccc3C2)cn1. The van der Waals surface area contributed by atoms with Crippen LogP contribution in [0.1, 0.15) is 18.1 Å². The van der Waals surface area contributed by atoms with Gasteiger partial charge in [-0.15, -0.1) is 0 Å². The summed E-state index contributed by atoms with van der Waals surface area (Å²) in [6.45, 7) is 3.82. The molecule has 0 unspecified atom stereocenters. The lowest BCUT2D eigenvalue weighted by molar-refractivity contribution is -0.126. The third-order valence-corrected chi connectivity index (χ3v) is 3.73. The molecule has 1 amide bonds. The van der Waals surface area contributed by atoms with Gasteiger partial charge in [0.2, 0.25) is 5.91 Å². The summed E-state index contributed by atoms with van der Waals surface area (Å²) in [6, 6.07) is 7.88. The van der Waals surface area contributed by atoms with E-state index in [1.807, 2.05) is 42.1 Å². The van der Waals surface area contributed by atoms with Crippen LogP contribution in [-0.2, 0) is 24.3 Å². The Hall–Kier alpha value is -2.30. The predicted octanol–water partition coefficient (Wildman–Crippen LogP) is 1.77. The molecule has 0 spiro atoms. The van der Waals surface area contributed by atoms with Gasteiger partial charge in [-0.1, -0.05) is 18.2 Å². The summed E-state index contributed by atoms with van der Waals surface area (Å²) in [4.78, 5) is 12.2. The van der Waals surface area contributed by atoms with Crippen LogP contribution in [0.25, 0.3) is 0 Å². The molecule has 2 aromatic rings. The standard InChI is InChI=1S/C16H19N3O2/c1-2-19-10-12(9-18-19)8-17-16(20)14-7-13-5-3-4-6-15(13)21-11-14/h3-6,9-10,14H,2,7-8,11H2,1H3,(H,17,20)/t14-/m1/s1. The average Bonchev–Trinajstić information content (AvgIpc) is 3.00. The first kappa shape index (κ1) is 13.7. The lowest BCUT2D eigenvalue weighted by Gasteiger charge is -2.24. The van der Waals surface area contributed by atoms with Gasteiger partial charge in [0.05, 0.1) is 12.1 Å². The molecule has 110 valence electrons. The number of amides is 1. The largest absolute Gasteiger partial charge is 0.492 e. The Morgan fingerprint density at radius 1 is 1.48 bits per heavy atom. The van der Waals surface area contributed by atoms with E-state index in [4.69, 9.17) is 4.74 Å². The fraction of sp³-hybridized carbons (Fsp3) is 0.375. The average molecular weight is 285 g/mol. The summed E-state index contributed by atoms with van der Waals surface area (Å²) in [6.07, 6.45) is 4.47. The van der Waals surface area contributed by atoms with Crippen molar-refractivity contribution >= 4 is 5.91 Å². The highest BCUT2D eigenvalue weighted by atomic mass is 16.5. The zero-order chi connectivity index (χ0) is 14.7. The lowest BCUT2D eigenvalue weighted by atomic mass is 9.96. The van der Waals surface area contributed by atoms with Crippen LogP contribution in [0.3, 0.4) is 0 Å². The second kappa shape index (κ2) is 5.99. The first-order valence-electron chi connectivity index (χ1n) is 7.26. The molecule has 0 bridgehead atoms. The van der Waals surface area contributed by atoms with E-state index in [0.717, 1.165) is 29.8 Å². The Morgan fingerprint density at radius 2 is 2.33 bits per heavy atom. The fourth-order valence-corrected chi connectivity index (χ4v) is 2.50. The lowest BCUT2D eigenvalue weighted by Crippen LogP contribution is -2.36. The molecule has 0 aliphatic carbocycles. The van der Waals surface area contributed by atoms with Gasteiger partial charge in [0.15, 0.2) is 0 Å². The minimum absolute atomic E-state index is 0.0359. The van der Waals surface area contributed by atoms with Crippen LogP contribution in [-0.4, -0.2) is 22.3 Å². The number of hydrogen-bond donors (Lipinski definition) is 1. The van der Waals surface area contributed by atoms with Crippen molar-refractivity contribution in [3.8, 4) is 5.75 Å². The van der Waals surface area contributed by atoms with Crippen LogP contribution in [0.15, 0.2) is 36.7 Å². The van der Waals surface area contributed by atoms with E-state index in [-0.39, 0.29) is 11.8 Å². The third kappa shape index (κ3) is 3.07. The number of benzene rings is 1. The quantitative estimate of drug-likeness (QED) is 0.931. The van der Waals surface area contributed by atoms with Gasteiger partial charge in [-0.05, 0) is 25.0 Å². The first-order valence-corrected chi connectivity index (χ1v) is 7.26. The normalized spacial score (nSPS) is 16.9. The summed E-state index contributed by atoms with van der Waals surface area (Å²) in [5, 5.41) is 7.16. The second-order valence-corrected chi connectivity index (χ2v) is 5.24. The van der Waals surface area contributed by atoms with Gasteiger partial charge in [0.25, 0.3) is 0 Å². The zero-order valence-electron chi connectivity index (χ0n) is 12.1. The van der Waals surface area contributed by atoms with E-state index in [1.54, 1.807) is 6.20 Å². The van der Waals surface area contributed by atoms with Crippen molar-refractivity contribution in [1.29, 1.82) is 0 Å². The topological polar surface area (TPSA) is 56.2 Å². The van der Waals surface area contributed by atoms with E-state index < -0.39 is 0 Å². The molecule has 2 heterocycles. The van der Waals surface area contributed by atoms with E-state index in [0.29, 0.717) is 13.2 Å². The first-order chi connectivity index (χ1) is 10.3. The molecule has 0 fully saturated rings. The number of carbonyl (C=O) groups excluding carboxylic acids is 1. The fourth-order valence-electron chi connectivity index (χ4n) is 2.50. The molecule has 1 aliphatic rings. The number of nitrogens with one attached hydrogen (secondary N) is 1. The molecular formula is C16H19N3O2.